The number of nitrogens with zero attached hydrogens (tertiary/aromatic N) is 1. The highest BCUT2D eigenvalue weighted by atomic mass is 16.4. The lowest BCUT2D eigenvalue weighted by Crippen LogP contribution is -2.61. The number of carboxylic acids is 1. The molecule has 0 spiro atoms. The maximum atomic E-state index is 15.4. The van der Waals surface area contributed by atoms with Gasteiger partial charge in [-0.3, -0.25) is 57.7 Å². The maximum absolute atomic E-state index is 15.4. The fraction of sp³-hybridized carbons (Fsp3) is 0.602. The molecule has 0 aliphatic heterocycles. The molecule has 1 aromatic heterocycles. The number of benzene rings is 3. The smallest absolute Gasteiger partial charge is 0.326 e. The Kier molecular flexibility index (Phi) is 50.3. The highest BCUT2D eigenvalue weighted by Gasteiger charge is 2.38. The summed E-state index contributed by atoms with van der Waals surface area (Å²) >= 11 is 0. The van der Waals surface area contributed by atoms with Gasteiger partial charge in [0.25, 0.3) is 0 Å². The van der Waals surface area contributed by atoms with Crippen molar-refractivity contribution in [1.82, 2.24) is 63.5 Å². The van der Waals surface area contributed by atoms with E-state index in [1.165, 1.54) is 36.4 Å². The predicted molar refractivity (Wildman–Crippen MR) is 466 cm³/mol. The molecule has 3 aromatic carbocycles. The van der Waals surface area contributed by atoms with Crippen LogP contribution in [0.15, 0.2) is 84.0 Å². The third kappa shape index (κ3) is 39.5. The number of guanidine groups is 1. The van der Waals surface area contributed by atoms with E-state index in [9.17, 15) is 48.9 Å². The lowest BCUT2D eigenvalue weighted by molar-refractivity contribution is -0.142. The number of aliphatic imine (C=N–C) groups is 1. The zero-order chi connectivity index (χ0) is 89.7. The molecule has 0 saturated heterocycles. The van der Waals surface area contributed by atoms with Crippen LogP contribution >= 0.6 is 0 Å². The van der Waals surface area contributed by atoms with Crippen molar-refractivity contribution in [3.63, 3.8) is 0 Å². The van der Waals surface area contributed by atoms with Gasteiger partial charge >= 0.3 is 5.97 Å². The second-order valence-corrected chi connectivity index (χ2v) is 30.6. The molecule has 0 aliphatic carbocycles. The van der Waals surface area contributed by atoms with Gasteiger partial charge < -0.3 is 142 Å². The summed E-state index contributed by atoms with van der Waals surface area (Å²) in [6.07, 6.45) is 7.67. The minimum Gasteiger partial charge on any atom is -0.508 e. The number of unbranched alkanes of at least 4 members (excludes halogenated alkanes) is 8. The van der Waals surface area contributed by atoms with Crippen LogP contribution in [-0.2, 0) is 76.8 Å². The molecule has 4 aromatic rings. The Morgan fingerprint density at radius 2 is 0.566 bits per heavy atom. The molecule has 0 aliphatic rings. The van der Waals surface area contributed by atoms with Gasteiger partial charge in [0.2, 0.25) is 65.0 Å². The van der Waals surface area contributed by atoms with Crippen LogP contribution in [0, 0.1) is 0 Å². The van der Waals surface area contributed by atoms with Gasteiger partial charge in [-0.25, -0.2) is 4.79 Å². The maximum Gasteiger partial charge on any atom is 0.326 e. The van der Waals surface area contributed by atoms with Crippen molar-refractivity contribution in [3.05, 3.63) is 95.7 Å². The van der Waals surface area contributed by atoms with Crippen molar-refractivity contribution in [3.8, 4) is 11.5 Å². The number of nitrogens with one attached hydrogen (secondary N) is 12. The van der Waals surface area contributed by atoms with Gasteiger partial charge in [0.05, 0.1) is 6.04 Å². The molecule has 1 heterocycles. The molecular weight excluding hydrogens is 1570 g/mol. The third-order valence-electron chi connectivity index (χ3n) is 20.7. The average molecular weight is 1710 g/mol. The van der Waals surface area contributed by atoms with E-state index in [2.05, 4.69) is 68.5 Å². The summed E-state index contributed by atoms with van der Waals surface area (Å²) in [5, 5.41) is 61.4. The zero-order valence-electron chi connectivity index (χ0n) is 70.3. The number of aliphatic carboxylic acids is 1. The van der Waals surface area contributed by atoms with Crippen molar-refractivity contribution < 1.29 is 72.9 Å². The van der Waals surface area contributed by atoms with Gasteiger partial charge in [-0.15, -0.1) is 0 Å². The Labute approximate surface area is 713 Å². The quantitative estimate of drug-likeness (QED) is 0.0123. The molecule has 0 unspecified atom stereocenters. The summed E-state index contributed by atoms with van der Waals surface area (Å²) in [5.74, 6) is -10.7. The van der Waals surface area contributed by atoms with Crippen LogP contribution < -0.4 is 122 Å². The van der Waals surface area contributed by atoms with E-state index in [0.29, 0.717) is 131 Å². The van der Waals surface area contributed by atoms with Gasteiger partial charge in [-0.2, -0.15) is 0 Å². The number of amides is 11. The third-order valence-corrected chi connectivity index (χ3v) is 20.7. The number of H-pyrrole nitrogens is 1. The standard InChI is InChI=1S/C83H138N24O15/c84-39-11-3-21-58(92)71(110)105-68(48-52-31-35-55(108)36-32-52)80(119)106-69(49-53-33-37-56(109)38-34-53)79(118)103-66(30-19-47-95-83(93)94)78(117)107-70(50-54-51-96-59-22-2-1-20-57(54)59)81(120)102-64(27-8-16-44-89)76(115)100-62(25-6-14-42-87)74(113)98-60(23-4-12-40-85)72(111)97-61(24-5-13-41-86)73(112)99-63(26-7-15-43-88)75(114)101-65(28-9-17-45-90)77(116)104-67(82(121)122)29-10-18-46-91/h1-2,20,22,31-38,51,58,60-70,96,108-109H,3-19,21,23-30,39-50,84-92H2,(H,97,111)(H,98,113)(H,99,112)(H,100,115)(H,101,114)(H,102,120)(H,103,118)(H,104,116)(H,105,110)(H,106,119)(H,107,117)(H,121,122)(H4,93,94,95)/t58-,60-,61-,62-,63-,64-,65-,66-,67-,68-,69-,70-/m0/s1. The first-order chi connectivity index (χ1) is 58.6. The number of phenols is 2. The Hall–Kier alpha value is -10.7. The number of nitrogens with two attached hydrogens (primary N) is 11. The molecule has 122 heavy (non-hydrogen) atoms. The Morgan fingerprint density at radius 3 is 0.869 bits per heavy atom. The van der Waals surface area contributed by atoms with Crippen LogP contribution in [-0.4, -0.2) is 229 Å². The number of hydrogen-bond acceptors (Lipinski definition) is 24. The average Bonchev–Trinajstić information content (AvgIpc) is 1.65. The van der Waals surface area contributed by atoms with Crippen LogP contribution in [0.4, 0.5) is 0 Å². The number of carbonyl (C=O) groups is 12. The summed E-state index contributed by atoms with van der Waals surface area (Å²) in [6.45, 7) is 1.96. The minimum atomic E-state index is -1.54. The molecule has 0 saturated carbocycles. The van der Waals surface area contributed by atoms with Crippen molar-refractivity contribution in [2.75, 3.05) is 58.9 Å². The van der Waals surface area contributed by atoms with E-state index in [4.69, 9.17) is 63.1 Å². The number of rotatable bonds is 65. The number of aromatic amines is 1. The van der Waals surface area contributed by atoms with Crippen LogP contribution in [0.1, 0.15) is 184 Å². The van der Waals surface area contributed by atoms with Crippen LogP contribution in [0.2, 0.25) is 0 Å². The largest absolute Gasteiger partial charge is 0.508 e. The topological polar surface area (TPSA) is 712 Å². The number of carboxylic acid groups (broad SMARTS) is 1. The van der Waals surface area contributed by atoms with Crippen LogP contribution in [0.3, 0.4) is 0 Å². The Balaban J connectivity index is 1.75. The van der Waals surface area contributed by atoms with E-state index in [-0.39, 0.29) is 160 Å². The number of hydrogen-bond donors (Lipinski definition) is 26. The minimum absolute atomic E-state index is 0.00721. The summed E-state index contributed by atoms with van der Waals surface area (Å²) in [5.41, 5.74) is 66.7. The van der Waals surface area contributed by atoms with Crippen molar-refractivity contribution in [2.24, 2.45) is 68.1 Å². The first-order valence-electron chi connectivity index (χ1n) is 42.7. The first-order valence-corrected chi connectivity index (χ1v) is 42.7. The fourth-order valence-electron chi connectivity index (χ4n) is 13.6. The normalized spacial score (nSPS) is 14.2. The fourth-order valence-corrected chi connectivity index (χ4v) is 13.6. The number of aromatic nitrogens is 1. The summed E-state index contributed by atoms with van der Waals surface area (Å²) in [7, 11) is 0. The molecule has 39 nitrogen and oxygen atoms in total. The molecule has 12 atom stereocenters. The molecule has 4 rings (SSSR count). The number of fused-ring (bicyclic) bond motifs is 1. The summed E-state index contributed by atoms with van der Waals surface area (Å²) < 4.78 is 0. The second-order valence-electron chi connectivity index (χ2n) is 30.6. The van der Waals surface area contributed by atoms with Crippen molar-refractivity contribution >= 4 is 87.8 Å². The zero-order valence-corrected chi connectivity index (χ0v) is 70.3. The second kappa shape index (κ2) is 59.2. The lowest BCUT2D eigenvalue weighted by Gasteiger charge is -2.29. The predicted octanol–water partition coefficient (Wildman–Crippen LogP) is -2.56. The van der Waals surface area contributed by atoms with E-state index in [1.807, 2.05) is 0 Å². The monoisotopic (exact) mass is 1710 g/mol. The number of carbonyl (C=O) groups excluding carboxylic acids is 11. The van der Waals surface area contributed by atoms with E-state index in [1.54, 1.807) is 42.6 Å². The molecule has 37 N–H and O–H groups in total. The highest BCUT2D eigenvalue weighted by molar-refractivity contribution is 6.00. The van der Waals surface area contributed by atoms with Crippen LogP contribution in [0.25, 0.3) is 10.9 Å². The van der Waals surface area contributed by atoms with Crippen LogP contribution in [0.5, 0.6) is 11.5 Å². The number of para-hydroxylation sites is 1. The summed E-state index contributed by atoms with van der Waals surface area (Å²) in [6, 6.07) is 2.49. The Morgan fingerprint density at radius 1 is 0.311 bits per heavy atom. The van der Waals surface area contributed by atoms with Crippen molar-refractivity contribution in [2.45, 2.75) is 259 Å². The highest BCUT2D eigenvalue weighted by Crippen LogP contribution is 2.22. The molecule has 0 bridgehead atoms. The van der Waals surface area contributed by atoms with Gasteiger partial charge in [0.15, 0.2) is 5.96 Å². The number of aromatic hydroxyl groups is 2. The molecular formula is C83H138N24O15. The van der Waals surface area contributed by atoms with Gasteiger partial charge in [-0.1, -0.05) is 48.9 Å². The lowest BCUT2D eigenvalue weighted by atomic mass is 10.0. The van der Waals surface area contributed by atoms with E-state index in [0.717, 1.165) is 0 Å². The van der Waals surface area contributed by atoms with Gasteiger partial charge in [0.1, 0.15) is 78.0 Å². The van der Waals surface area contributed by atoms with E-state index >= 15 is 24.0 Å². The molecule has 0 radical (unpaired) electrons. The molecule has 39 heteroatoms. The Bertz CT molecular complexity index is 3870. The van der Waals surface area contributed by atoms with E-state index < -0.39 is 143 Å². The number of phenolic OH excluding ortho intramolecular Hbond substituents is 2. The van der Waals surface area contributed by atoms with Gasteiger partial charge in [0, 0.05) is 42.9 Å². The van der Waals surface area contributed by atoms with Crippen molar-refractivity contribution in [1.29, 1.82) is 0 Å². The molecule has 0 fully saturated rings. The molecule has 11 amide bonds. The molecule has 680 valence electrons. The van der Waals surface area contributed by atoms with Gasteiger partial charge in [-0.05, 0) is 260 Å². The first kappa shape index (κ1) is 104. The SMILES string of the molecule is NCCCC[C@H](NC(=O)[C@H](CCCCN)NC(=O)[C@H](CCCCN)NC(=O)[C@H](CCCCN)NC(=O)[C@H](CCCCN)NC(=O)[C@H](CCCCN)NC(=O)[C@H](CCCCN)NC(=O)[C@H](Cc1c[nH]c2ccccc12)NC(=O)[C@H](CCCN=C(N)N)NC(=O)[C@H](Cc1ccc(O)cc1)NC(=O)[C@H](Cc1ccc(O)cc1)NC(=O)[C@@H](N)CCCCN)C(=O)O. The summed E-state index contributed by atoms with van der Waals surface area (Å²) in [4.78, 5) is 182.